The molecule has 5 heteroatoms. The van der Waals surface area contributed by atoms with Crippen LogP contribution in [-0.4, -0.2) is 38.3 Å². The summed E-state index contributed by atoms with van der Waals surface area (Å²) in [6.07, 6.45) is 7.68. The maximum atomic E-state index is 11.6. The molecule has 23 heavy (non-hydrogen) atoms. The van der Waals surface area contributed by atoms with Gasteiger partial charge in [0, 0.05) is 37.7 Å². The molecule has 0 radical (unpaired) electrons. The van der Waals surface area contributed by atoms with Crippen LogP contribution in [0.5, 0.6) is 0 Å². The maximum absolute atomic E-state index is 11.6. The summed E-state index contributed by atoms with van der Waals surface area (Å²) in [5.41, 5.74) is 4.15. The molecule has 1 spiro atoms. The fraction of sp³-hybridized carbons (Fsp3) is 0.778. The van der Waals surface area contributed by atoms with Crippen LogP contribution in [0.1, 0.15) is 68.4 Å². The number of fused-ring (bicyclic) bond motifs is 1. The van der Waals surface area contributed by atoms with E-state index in [0.29, 0.717) is 11.5 Å². The summed E-state index contributed by atoms with van der Waals surface area (Å²) in [6.45, 7) is 5.26. The lowest BCUT2D eigenvalue weighted by Gasteiger charge is -2.49. The molecule has 4 rings (SSSR count). The molecule has 126 valence electrons. The van der Waals surface area contributed by atoms with Crippen molar-refractivity contribution in [1.29, 1.82) is 0 Å². The quantitative estimate of drug-likeness (QED) is 0.865. The topological polar surface area (TPSA) is 58.4 Å². The Labute approximate surface area is 137 Å². The summed E-state index contributed by atoms with van der Waals surface area (Å²) in [7, 11) is 0. The molecule has 1 amide bonds. The second-order valence-electron chi connectivity index (χ2n) is 7.94. The normalized spacial score (nSPS) is 33.4. The third kappa shape index (κ3) is 2.49. The van der Waals surface area contributed by atoms with Crippen LogP contribution in [0.25, 0.3) is 0 Å². The molecule has 0 atom stereocenters. The number of hydrogen-bond acceptors (Lipinski definition) is 3. The van der Waals surface area contributed by atoms with Crippen LogP contribution < -0.4 is 0 Å². The lowest BCUT2D eigenvalue weighted by molar-refractivity contribution is -0.129. The smallest absolute Gasteiger partial charge is 0.219 e. The van der Waals surface area contributed by atoms with Crippen molar-refractivity contribution < 1.29 is 9.90 Å². The number of aliphatic hydroxyl groups is 1. The van der Waals surface area contributed by atoms with Gasteiger partial charge in [0.05, 0.1) is 17.8 Å². The minimum absolute atomic E-state index is 0.0520. The van der Waals surface area contributed by atoms with Gasteiger partial charge in [0.2, 0.25) is 5.91 Å². The Hall–Kier alpha value is -1.36. The van der Waals surface area contributed by atoms with Gasteiger partial charge in [0.25, 0.3) is 0 Å². The van der Waals surface area contributed by atoms with Gasteiger partial charge in [0.15, 0.2) is 0 Å². The SMILES string of the molecule is CC(=O)N1CCc2c(c(C)nn2C2CCC3(CC2)CC(O)C3)C1. The van der Waals surface area contributed by atoms with E-state index in [9.17, 15) is 9.90 Å². The van der Waals surface area contributed by atoms with Crippen molar-refractivity contribution in [3.8, 4) is 0 Å². The molecular formula is C18H27N3O2. The standard InChI is InChI=1S/C18H27N3O2/c1-12-16-11-20(13(2)22)8-5-17(16)21(19-12)14-3-6-18(7-4-14)9-15(23)10-18/h14-15,23H,3-11H2,1-2H3. The van der Waals surface area contributed by atoms with E-state index in [1.165, 1.54) is 36.9 Å². The maximum Gasteiger partial charge on any atom is 0.219 e. The van der Waals surface area contributed by atoms with Crippen LogP contribution in [0, 0.1) is 12.3 Å². The van der Waals surface area contributed by atoms with E-state index in [-0.39, 0.29) is 12.0 Å². The molecule has 2 aliphatic carbocycles. The third-order valence-electron chi connectivity index (χ3n) is 6.43. The molecule has 5 nitrogen and oxygen atoms in total. The fourth-order valence-corrected chi connectivity index (χ4v) is 4.99. The van der Waals surface area contributed by atoms with Crippen molar-refractivity contribution in [2.45, 2.75) is 77.5 Å². The van der Waals surface area contributed by atoms with Crippen molar-refractivity contribution in [2.24, 2.45) is 5.41 Å². The van der Waals surface area contributed by atoms with Crippen molar-refractivity contribution in [3.63, 3.8) is 0 Å². The second kappa shape index (κ2) is 5.33. The fourth-order valence-electron chi connectivity index (χ4n) is 4.99. The van der Waals surface area contributed by atoms with Crippen molar-refractivity contribution in [3.05, 3.63) is 17.0 Å². The largest absolute Gasteiger partial charge is 0.393 e. The minimum atomic E-state index is -0.0520. The number of carbonyl (C=O) groups excluding carboxylic acids is 1. The van der Waals surface area contributed by atoms with Gasteiger partial charge in [-0.2, -0.15) is 5.10 Å². The van der Waals surface area contributed by atoms with Crippen LogP contribution in [0.2, 0.25) is 0 Å². The zero-order valence-electron chi connectivity index (χ0n) is 14.2. The molecule has 2 fully saturated rings. The first-order valence-corrected chi connectivity index (χ1v) is 8.98. The predicted octanol–water partition coefficient (Wildman–Crippen LogP) is 2.35. The first-order chi connectivity index (χ1) is 11.0. The Bertz CT molecular complexity index is 620. The first-order valence-electron chi connectivity index (χ1n) is 8.98. The van der Waals surface area contributed by atoms with Crippen molar-refractivity contribution in [1.82, 2.24) is 14.7 Å². The lowest BCUT2D eigenvalue weighted by Crippen LogP contribution is -2.43. The van der Waals surface area contributed by atoms with Gasteiger partial charge in [0.1, 0.15) is 0 Å². The molecule has 1 aliphatic heterocycles. The number of nitrogens with zero attached hydrogens (tertiary/aromatic N) is 3. The van der Waals surface area contributed by atoms with E-state index in [1.807, 2.05) is 4.90 Å². The molecule has 0 aromatic carbocycles. The number of aliphatic hydroxyl groups excluding tert-OH is 1. The van der Waals surface area contributed by atoms with Gasteiger partial charge in [-0.05, 0) is 50.9 Å². The zero-order valence-corrected chi connectivity index (χ0v) is 14.2. The lowest BCUT2D eigenvalue weighted by atomic mass is 9.59. The second-order valence-corrected chi connectivity index (χ2v) is 7.94. The number of rotatable bonds is 1. The predicted molar refractivity (Wildman–Crippen MR) is 86.9 cm³/mol. The Morgan fingerprint density at radius 3 is 2.61 bits per heavy atom. The van der Waals surface area contributed by atoms with E-state index in [2.05, 4.69) is 11.6 Å². The highest BCUT2D eigenvalue weighted by Crippen LogP contribution is 2.53. The molecule has 0 bridgehead atoms. The van der Waals surface area contributed by atoms with Crippen LogP contribution in [0.3, 0.4) is 0 Å². The van der Waals surface area contributed by atoms with Crippen LogP contribution >= 0.6 is 0 Å². The Morgan fingerprint density at radius 1 is 1.30 bits per heavy atom. The summed E-state index contributed by atoms with van der Waals surface area (Å²) in [4.78, 5) is 13.6. The van der Waals surface area contributed by atoms with E-state index in [1.54, 1.807) is 6.92 Å². The Kier molecular flexibility index (Phi) is 3.52. The minimum Gasteiger partial charge on any atom is -0.393 e. The van der Waals surface area contributed by atoms with Crippen molar-refractivity contribution in [2.75, 3.05) is 6.54 Å². The molecule has 2 saturated carbocycles. The molecule has 2 heterocycles. The van der Waals surface area contributed by atoms with Crippen LogP contribution in [-0.2, 0) is 17.8 Å². The van der Waals surface area contributed by atoms with Gasteiger partial charge in [-0.3, -0.25) is 9.48 Å². The summed E-state index contributed by atoms with van der Waals surface area (Å²) >= 11 is 0. The highest BCUT2D eigenvalue weighted by atomic mass is 16.3. The highest BCUT2D eigenvalue weighted by molar-refractivity contribution is 5.73. The molecule has 1 N–H and O–H groups in total. The van der Waals surface area contributed by atoms with E-state index >= 15 is 0 Å². The van der Waals surface area contributed by atoms with Gasteiger partial charge >= 0.3 is 0 Å². The number of amides is 1. The van der Waals surface area contributed by atoms with E-state index in [4.69, 9.17) is 5.10 Å². The summed E-state index contributed by atoms with van der Waals surface area (Å²) in [5, 5.41) is 14.5. The Morgan fingerprint density at radius 2 is 2.00 bits per heavy atom. The van der Waals surface area contributed by atoms with E-state index in [0.717, 1.165) is 38.0 Å². The van der Waals surface area contributed by atoms with Gasteiger partial charge < -0.3 is 10.0 Å². The molecule has 3 aliphatic rings. The number of aromatic nitrogens is 2. The summed E-state index contributed by atoms with van der Waals surface area (Å²) < 4.78 is 2.28. The van der Waals surface area contributed by atoms with Crippen molar-refractivity contribution >= 4 is 5.91 Å². The molecule has 0 unspecified atom stereocenters. The van der Waals surface area contributed by atoms with Gasteiger partial charge in [-0.1, -0.05) is 0 Å². The zero-order chi connectivity index (χ0) is 16.2. The average Bonchev–Trinajstić information content (AvgIpc) is 2.83. The number of aryl methyl sites for hydroxylation is 1. The Balaban J connectivity index is 1.51. The van der Waals surface area contributed by atoms with Crippen LogP contribution in [0.15, 0.2) is 0 Å². The van der Waals surface area contributed by atoms with Gasteiger partial charge in [-0.15, -0.1) is 0 Å². The van der Waals surface area contributed by atoms with Crippen LogP contribution in [0.4, 0.5) is 0 Å². The monoisotopic (exact) mass is 317 g/mol. The number of hydrogen-bond donors (Lipinski definition) is 1. The molecule has 1 aromatic rings. The first kappa shape index (κ1) is 15.2. The highest BCUT2D eigenvalue weighted by Gasteiger charge is 2.46. The molecular weight excluding hydrogens is 290 g/mol. The summed E-state index contributed by atoms with van der Waals surface area (Å²) in [5.74, 6) is 0.158. The van der Waals surface area contributed by atoms with E-state index < -0.39 is 0 Å². The molecule has 1 aromatic heterocycles. The average molecular weight is 317 g/mol. The number of carbonyl (C=O) groups is 1. The summed E-state index contributed by atoms with van der Waals surface area (Å²) in [6, 6.07) is 0.504. The van der Waals surface area contributed by atoms with Gasteiger partial charge in [-0.25, -0.2) is 0 Å². The third-order valence-corrected chi connectivity index (χ3v) is 6.43. The molecule has 0 saturated heterocycles.